The van der Waals surface area contributed by atoms with E-state index in [1.807, 2.05) is 13.8 Å². The second kappa shape index (κ2) is 6.73. The van der Waals surface area contributed by atoms with Gasteiger partial charge >= 0.3 is 11.8 Å². The number of thioether (sulfide) groups is 1. The van der Waals surface area contributed by atoms with E-state index in [1.165, 1.54) is 0 Å². The third kappa shape index (κ3) is 5.48. The Bertz CT molecular complexity index is 187. The smallest absolute Gasteiger partial charge is 0.323 e. The van der Waals surface area contributed by atoms with E-state index in [2.05, 4.69) is 5.32 Å². The number of hydrogen-bond donors (Lipinski definition) is 3. The molecule has 0 aromatic heterocycles. The first-order valence-corrected chi connectivity index (χ1v) is 5.16. The molecule has 1 atom stereocenters. The van der Waals surface area contributed by atoms with Crippen LogP contribution in [0.15, 0.2) is 0 Å². The fourth-order valence-corrected chi connectivity index (χ4v) is 1.36. The molecule has 0 fully saturated rings. The van der Waals surface area contributed by atoms with Crippen LogP contribution in [-0.2, 0) is 9.59 Å². The fraction of sp³-hybridized carbons (Fsp3) is 0.714. The highest BCUT2D eigenvalue weighted by Crippen LogP contribution is 2.00. The van der Waals surface area contributed by atoms with Crippen LogP contribution in [-0.4, -0.2) is 29.4 Å². The van der Waals surface area contributed by atoms with Crippen molar-refractivity contribution in [1.29, 1.82) is 0 Å². The van der Waals surface area contributed by atoms with Crippen LogP contribution in [0.4, 0.5) is 0 Å². The van der Waals surface area contributed by atoms with Gasteiger partial charge in [0.05, 0.1) is 0 Å². The molecule has 2 amide bonds. The normalized spacial score (nSPS) is 11.9. The number of hydrazine groups is 1. The summed E-state index contributed by atoms with van der Waals surface area (Å²) in [5.74, 6) is 5.06. The van der Waals surface area contributed by atoms with Crippen molar-refractivity contribution in [3.05, 3.63) is 0 Å². The molecule has 0 rings (SSSR count). The standard InChI is InChI=1S/C7H15N3O2S/c1-3-13-4-5(2)9-6(11)7(12)10-8/h5H,3-4,8H2,1-2H3,(H,9,11)(H,10,12). The number of nitrogens with two attached hydrogens (primary N) is 1. The van der Waals surface area contributed by atoms with Gasteiger partial charge in [-0.05, 0) is 12.7 Å². The van der Waals surface area contributed by atoms with Gasteiger partial charge in [-0.15, -0.1) is 0 Å². The predicted octanol–water partition coefficient (Wildman–Crippen LogP) is -0.766. The molecule has 13 heavy (non-hydrogen) atoms. The lowest BCUT2D eigenvalue weighted by Crippen LogP contribution is -2.46. The molecule has 76 valence electrons. The minimum atomic E-state index is -0.812. The van der Waals surface area contributed by atoms with E-state index in [-0.39, 0.29) is 6.04 Å². The van der Waals surface area contributed by atoms with Crippen molar-refractivity contribution in [1.82, 2.24) is 10.7 Å². The lowest BCUT2D eigenvalue weighted by atomic mass is 10.4. The fourth-order valence-electron chi connectivity index (χ4n) is 0.691. The van der Waals surface area contributed by atoms with Crippen LogP contribution in [0.3, 0.4) is 0 Å². The number of nitrogens with one attached hydrogen (secondary N) is 2. The first-order valence-electron chi connectivity index (χ1n) is 4.01. The summed E-state index contributed by atoms with van der Waals surface area (Å²) in [4.78, 5) is 21.6. The van der Waals surface area contributed by atoms with Crippen LogP contribution in [0.1, 0.15) is 13.8 Å². The zero-order chi connectivity index (χ0) is 10.3. The average Bonchev–Trinajstić information content (AvgIpc) is 2.13. The van der Waals surface area contributed by atoms with Gasteiger partial charge in [-0.3, -0.25) is 15.0 Å². The molecule has 0 aromatic rings. The monoisotopic (exact) mass is 205 g/mol. The number of rotatable bonds is 4. The number of amides is 2. The minimum Gasteiger partial charge on any atom is -0.345 e. The van der Waals surface area contributed by atoms with Gasteiger partial charge in [0.15, 0.2) is 0 Å². The molecule has 1 unspecified atom stereocenters. The Labute approximate surface area is 81.8 Å². The molecule has 0 aliphatic heterocycles. The number of carbonyl (C=O) groups is 2. The van der Waals surface area contributed by atoms with E-state index in [9.17, 15) is 9.59 Å². The lowest BCUT2D eigenvalue weighted by Gasteiger charge is -2.11. The van der Waals surface area contributed by atoms with Crippen LogP contribution in [0.25, 0.3) is 0 Å². The lowest BCUT2D eigenvalue weighted by molar-refractivity contribution is -0.139. The van der Waals surface area contributed by atoms with Crippen molar-refractivity contribution in [2.24, 2.45) is 5.84 Å². The quantitative estimate of drug-likeness (QED) is 0.244. The van der Waals surface area contributed by atoms with Crippen LogP contribution in [0.2, 0.25) is 0 Å². The van der Waals surface area contributed by atoms with Crippen molar-refractivity contribution in [3.63, 3.8) is 0 Å². The summed E-state index contributed by atoms with van der Waals surface area (Å²) >= 11 is 1.70. The van der Waals surface area contributed by atoms with E-state index in [0.717, 1.165) is 11.5 Å². The summed E-state index contributed by atoms with van der Waals surface area (Å²) in [6.07, 6.45) is 0. The molecular weight excluding hydrogens is 190 g/mol. The Hall–Kier alpha value is -0.750. The van der Waals surface area contributed by atoms with Crippen LogP contribution in [0.5, 0.6) is 0 Å². The molecule has 6 heteroatoms. The highest BCUT2D eigenvalue weighted by Gasteiger charge is 2.13. The molecule has 0 saturated heterocycles. The zero-order valence-corrected chi connectivity index (χ0v) is 8.61. The zero-order valence-electron chi connectivity index (χ0n) is 7.79. The van der Waals surface area contributed by atoms with Crippen molar-refractivity contribution in [2.45, 2.75) is 19.9 Å². The molecule has 0 aliphatic rings. The third-order valence-corrected chi connectivity index (χ3v) is 2.43. The maximum Gasteiger partial charge on any atom is 0.323 e. The topological polar surface area (TPSA) is 84.2 Å². The summed E-state index contributed by atoms with van der Waals surface area (Å²) in [5, 5.41) is 2.51. The molecule has 0 aliphatic carbocycles. The maximum absolute atomic E-state index is 10.9. The maximum atomic E-state index is 10.9. The summed E-state index contributed by atoms with van der Waals surface area (Å²) in [7, 11) is 0. The molecule has 0 radical (unpaired) electrons. The number of carbonyl (C=O) groups excluding carboxylic acids is 2. The molecular formula is C7H15N3O2S. The van der Waals surface area contributed by atoms with Crippen molar-refractivity contribution >= 4 is 23.6 Å². The Morgan fingerprint density at radius 2 is 2.08 bits per heavy atom. The van der Waals surface area contributed by atoms with Crippen LogP contribution < -0.4 is 16.6 Å². The molecule has 5 nitrogen and oxygen atoms in total. The third-order valence-electron chi connectivity index (χ3n) is 1.29. The van der Waals surface area contributed by atoms with E-state index in [4.69, 9.17) is 5.84 Å². The van der Waals surface area contributed by atoms with E-state index < -0.39 is 11.8 Å². The Morgan fingerprint density at radius 1 is 1.46 bits per heavy atom. The second-order valence-corrected chi connectivity index (χ2v) is 3.83. The summed E-state index contributed by atoms with van der Waals surface area (Å²) in [5.41, 5.74) is 1.77. The van der Waals surface area contributed by atoms with E-state index in [0.29, 0.717) is 0 Å². The van der Waals surface area contributed by atoms with Crippen LogP contribution >= 0.6 is 11.8 Å². The van der Waals surface area contributed by atoms with Gasteiger partial charge in [-0.25, -0.2) is 5.84 Å². The minimum absolute atomic E-state index is 0.0188. The molecule has 0 aromatic carbocycles. The second-order valence-electron chi connectivity index (χ2n) is 2.51. The molecule has 0 heterocycles. The van der Waals surface area contributed by atoms with Gasteiger partial charge in [0.25, 0.3) is 0 Å². The van der Waals surface area contributed by atoms with Crippen LogP contribution in [0, 0.1) is 0 Å². The van der Waals surface area contributed by atoms with Gasteiger partial charge in [0, 0.05) is 11.8 Å². The first-order chi connectivity index (χ1) is 6.11. The van der Waals surface area contributed by atoms with Gasteiger partial charge < -0.3 is 5.32 Å². The van der Waals surface area contributed by atoms with Crippen molar-refractivity contribution < 1.29 is 9.59 Å². The Kier molecular flexibility index (Phi) is 6.34. The van der Waals surface area contributed by atoms with E-state index >= 15 is 0 Å². The summed E-state index contributed by atoms with van der Waals surface area (Å²) < 4.78 is 0. The van der Waals surface area contributed by atoms with Crippen molar-refractivity contribution in [3.8, 4) is 0 Å². The van der Waals surface area contributed by atoms with Gasteiger partial charge in [0.1, 0.15) is 0 Å². The van der Waals surface area contributed by atoms with E-state index in [1.54, 1.807) is 17.2 Å². The SMILES string of the molecule is CCSCC(C)NC(=O)C(=O)NN. The predicted molar refractivity (Wildman–Crippen MR) is 52.9 cm³/mol. The largest absolute Gasteiger partial charge is 0.345 e. The molecule has 0 saturated carbocycles. The molecule has 4 N–H and O–H groups in total. The highest BCUT2D eigenvalue weighted by molar-refractivity contribution is 7.99. The Balaban J connectivity index is 3.71. The average molecular weight is 205 g/mol. The van der Waals surface area contributed by atoms with Gasteiger partial charge in [-0.1, -0.05) is 6.92 Å². The Morgan fingerprint density at radius 3 is 2.54 bits per heavy atom. The molecule has 0 bridgehead atoms. The summed E-state index contributed by atoms with van der Waals surface area (Å²) in [6, 6.07) is -0.0188. The molecule has 0 spiro atoms. The highest BCUT2D eigenvalue weighted by atomic mass is 32.2. The summed E-state index contributed by atoms with van der Waals surface area (Å²) in [6.45, 7) is 3.87. The van der Waals surface area contributed by atoms with Crippen molar-refractivity contribution in [2.75, 3.05) is 11.5 Å². The number of hydrogen-bond acceptors (Lipinski definition) is 4. The van der Waals surface area contributed by atoms with Gasteiger partial charge in [0.2, 0.25) is 0 Å². The van der Waals surface area contributed by atoms with Gasteiger partial charge in [-0.2, -0.15) is 11.8 Å². The first kappa shape index (κ1) is 12.2.